The van der Waals surface area contributed by atoms with Crippen molar-refractivity contribution in [2.75, 3.05) is 0 Å². The van der Waals surface area contributed by atoms with Crippen molar-refractivity contribution in [2.24, 2.45) is 0 Å². The molecule has 12 aromatic carbocycles. The van der Waals surface area contributed by atoms with Crippen LogP contribution < -0.4 is 0 Å². The number of nitrogens with zero attached hydrogens (tertiary/aromatic N) is 2. The third kappa shape index (κ3) is 9.10. The first kappa shape index (κ1) is 50.9. The lowest BCUT2D eigenvalue weighted by Crippen LogP contribution is -1.93. The van der Waals surface area contributed by atoms with Gasteiger partial charge in [-0.05, 0) is 229 Å². The van der Waals surface area contributed by atoms with Crippen LogP contribution >= 0.6 is 11.3 Å². The lowest BCUT2D eigenvalue weighted by atomic mass is 9.89. The first-order valence-electron chi connectivity index (χ1n) is 30.5. The highest BCUT2D eigenvalue weighted by Crippen LogP contribution is 2.44. The second-order valence-corrected chi connectivity index (χ2v) is 24.6. The summed E-state index contributed by atoms with van der Waals surface area (Å²) in [6.45, 7) is 0. The van der Waals surface area contributed by atoms with Crippen LogP contribution in [0, 0.1) is 0 Å². The van der Waals surface area contributed by atoms with E-state index < -0.39 is 0 Å². The van der Waals surface area contributed by atoms with Gasteiger partial charge in [0.25, 0.3) is 0 Å². The molecule has 0 saturated carbocycles. The third-order valence-corrected chi connectivity index (χ3v) is 19.5. The number of fused-ring (bicyclic) bond motifs is 9. The molecule has 0 spiro atoms. The first-order valence-corrected chi connectivity index (χ1v) is 31.3. The summed E-state index contributed by atoms with van der Waals surface area (Å²) in [5.41, 5.74) is 28.2. The van der Waals surface area contributed by atoms with Gasteiger partial charge in [-0.1, -0.05) is 194 Å². The molecular formula is C84H58N2S. The average molecular weight is 1130 g/mol. The Balaban J connectivity index is 0.725. The van der Waals surface area contributed by atoms with Crippen molar-refractivity contribution in [3.63, 3.8) is 0 Å². The molecule has 0 atom stereocenters. The van der Waals surface area contributed by atoms with Crippen LogP contribution in [0.15, 0.2) is 297 Å². The van der Waals surface area contributed by atoms with Crippen LogP contribution in [0.2, 0.25) is 0 Å². The van der Waals surface area contributed by atoms with Crippen molar-refractivity contribution < 1.29 is 0 Å². The molecule has 0 bridgehead atoms. The Kier molecular flexibility index (Phi) is 12.4. The van der Waals surface area contributed by atoms with E-state index in [2.05, 4.69) is 312 Å². The van der Waals surface area contributed by atoms with E-state index in [1.807, 2.05) is 11.3 Å². The maximum atomic E-state index is 2.43. The SMILES string of the molecule is C1=Cc2c(sc3ccc(-c4ccc5c(c4)c4cc(-c6ccc7c(c6)c6cc(-c8cccc(-c9cccc(-c%10cccc(-c%11cccc(C%12=CCCC(c%13ccccc%13)=C%12)c%11)c%10)c9)c8)ccc6n7-c6ccccc6)ccc4n5-c4ccccc4)cc23)CC1. The van der Waals surface area contributed by atoms with Gasteiger partial charge in [0.15, 0.2) is 0 Å². The van der Waals surface area contributed by atoms with Gasteiger partial charge in [0.1, 0.15) is 0 Å². The molecular weight excluding hydrogens is 1070 g/mol. The topological polar surface area (TPSA) is 9.86 Å². The van der Waals surface area contributed by atoms with Gasteiger partial charge in [-0.25, -0.2) is 0 Å². The van der Waals surface area contributed by atoms with Crippen LogP contribution in [0.3, 0.4) is 0 Å². The van der Waals surface area contributed by atoms with Gasteiger partial charge in [0, 0.05) is 47.9 Å². The maximum absolute atomic E-state index is 2.43. The van der Waals surface area contributed by atoms with E-state index in [9.17, 15) is 0 Å². The van der Waals surface area contributed by atoms with Crippen LogP contribution in [0.5, 0.6) is 0 Å². The number of aromatic nitrogens is 2. The summed E-state index contributed by atoms with van der Waals surface area (Å²) in [5.74, 6) is 0. The zero-order valence-corrected chi connectivity index (χ0v) is 48.8. The molecule has 0 saturated heterocycles. The second kappa shape index (κ2) is 21.2. The number of hydrogen-bond acceptors (Lipinski definition) is 1. The molecule has 2 aliphatic rings. The molecule has 2 aliphatic carbocycles. The van der Waals surface area contributed by atoms with Gasteiger partial charge in [0.2, 0.25) is 0 Å². The van der Waals surface area contributed by atoms with Gasteiger partial charge in [-0.3, -0.25) is 0 Å². The van der Waals surface area contributed by atoms with Gasteiger partial charge in [0.05, 0.1) is 22.1 Å². The standard InChI is InChI=1S/C84H58N2S/c1-4-17-55(18-5-1)56-19-12-20-57(45-56)58-21-13-22-59(46-58)60-23-14-24-61(47-60)62-25-15-26-63(48-62)64-27-16-28-65(49-64)66-35-40-79-74(50-66)75-51-67(36-41-80(75)85(79)71-29-6-2-7-30-71)68-37-42-81-76(52-68)77-53-69(38-43-82(77)86(81)72-31-8-3-9-32-72)70-39-44-84-78(54-70)73-33-10-11-34-83(73)87-84/h1-10,13-18,20-33,35-54H,11-12,19,34H2. The van der Waals surface area contributed by atoms with Gasteiger partial charge >= 0.3 is 0 Å². The Morgan fingerprint density at radius 1 is 0.287 bits per heavy atom. The molecule has 15 aromatic rings. The van der Waals surface area contributed by atoms with Crippen molar-refractivity contribution in [1.29, 1.82) is 0 Å². The fraction of sp³-hybridized carbons (Fsp3) is 0.0476. The Labute approximate surface area is 510 Å². The Bertz CT molecular complexity index is 5320. The van der Waals surface area contributed by atoms with E-state index in [-0.39, 0.29) is 0 Å². The third-order valence-electron chi connectivity index (χ3n) is 18.2. The number of aryl methyl sites for hydroxylation is 1. The minimum atomic E-state index is 1.05. The molecule has 2 nitrogen and oxygen atoms in total. The smallest absolute Gasteiger partial charge is 0.0541 e. The Morgan fingerprint density at radius 3 is 1.10 bits per heavy atom. The van der Waals surface area contributed by atoms with E-state index in [4.69, 9.17) is 0 Å². The fourth-order valence-electron chi connectivity index (χ4n) is 13.9. The molecule has 3 heterocycles. The minimum Gasteiger partial charge on any atom is -0.309 e. The van der Waals surface area contributed by atoms with Gasteiger partial charge in [-0.2, -0.15) is 0 Å². The highest BCUT2D eigenvalue weighted by Gasteiger charge is 2.20. The summed E-state index contributed by atoms with van der Waals surface area (Å²) in [6.07, 6.45) is 13.8. The molecule has 0 aliphatic heterocycles. The molecule has 0 radical (unpaired) electrons. The van der Waals surface area contributed by atoms with E-state index in [1.54, 1.807) is 0 Å². The van der Waals surface area contributed by atoms with Crippen molar-refractivity contribution in [3.8, 4) is 78.1 Å². The molecule has 0 N–H and O–H groups in total. The number of rotatable bonds is 10. The highest BCUT2D eigenvalue weighted by atomic mass is 32.1. The largest absolute Gasteiger partial charge is 0.309 e. The maximum Gasteiger partial charge on any atom is 0.0541 e. The molecule has 0 fully saturated rings. The quantitative estimate of drug-likeness (QED) is 0.129. The number of benzene rings is 12. The molecule has 3 aromatic heterocycles. The summed E-state index contributed by atoms with van der Waals surface area (Å²) >= 11 is 1.95. The zero-order chi connectivity index (χ0) is 57.4. The van der Waals surface area contributed by atoms with Crippen LogP contribution in [-0.4, -0.2) is 9.13 Å². The number of thiophene rings is 1. The summed E-state index contributed by atoms with van der Waals surface area (Å²) in [4.78, 5) is 1.50. The van der Waals surface area contributed by atoms with Gasteiger partial charge in [-0.15, -0.1) is 11.3 Å². The van der Waals surface area contributed by atoms with Crippen molar-refractivity contribution in [3.05, 3.63) is 319 Å². The van der Waals surface area contributed by atoms with Crippen LogP contribution in [0.1, 0.15) is 40.8 Å². The molecule has 410 valence electrons. The first-order chi connectivity index (χ1) is 43.1. The molecule has 17 rings (SSSR count). The number of allylic oxidation sites excluding steroid dienone is 5. The van der Waals surface area contributed by atoms with Gasteiger partial charge < -0.3 is 9.13 Å². The second-order valence-electron chi connectivity index (χ2n) is 23.4. The normalized spacial score (nSPS) is 13.2. The molecule has 0 unspecified atom stereocenters. The monoisotopic (exact) mass is 1130 g/mol. The van der Waals surface area contributed by atoms with Crippen molar-refractivity contribution in [2.45, 2.75) is 25.7 Å². The molecule has 3 heteroatoms. The molecule has 87 heavy (non-hydrogen) atoms. The highest BCUT2D eigenvalue weighted by molar-refractivity contribution is 7.19. The average Bonchev–Trinajstić information content (AvgIpc) is 1.93. The fourth-order valence-corrected chi connectivity index (χ4v) is 15.1. The van der Waals surface area contributed by atoms with Crippen molar-refractivity contribution in [1.82, 2.24) is 9.13 Å². The number of para-hydroxylation sites is 2. The minimum absolute atomic E-state index is 1.05. The zero-order valence-electron chi connectivity index (χ0n) is 48.0. The summed E-state index contributed by atoms with van der Waals surface area (Å²) in [7, 11) is 0. The summed E-state index contributed by atoms with van der Waals surface area (Å²) < 4.78 is 6.23. The van der Waals surface area contributed by atoms with E-state index >= 15 is 0 Å². The molecule has 0 amide bonds. The lowest BCUT2D eigenvalue weighted by molar-refractivity contribution is 1.02. The Hall–Kier alpha value is -10.6. The number of hydrogen-bond donors (Lipinski definition) is 0. The van der Waals surface area contributed by atoms with E-state index in [0.717, 1.165) is 37.1 Å². The summed E-state index contributed by atoms with van der Waals surface area (Å²) in [6, 6.07) is 104. The summed E-state index contributed by atoms with van der Waals surface area (Å²) in [5, 5.41) is 6.30. The van der Waals surface area contributed by atoms with E-state index in [0.29, 0.717) is 0 Å². The lowest BCUT2D eigenvalue weighted by Gasteiger charge is -2.15. The van der Waals surface area contributed by atoms with Crippen LogP contribution in [0.4, 0.5) is 0 Å². The predicted molar refractivity (Wildman–Crippen MR) is 372 cm³/mol. The van der Waals surface area contributed by atoms with E-state index in [1.165, 1.54) is 153 Å². The van der Waals surface area contributed by atoms with Crippen LogP contribution in [0.25, 0.3) is 149 Å². The Morgan fingerprint density at radius 2 is 0.655 bits per heavy atom. The van der Waals surface area contributed by atoms with Crippen LogP contribution in [-0.2, 0) is 6.42 Å². The van der Waals surface area contributed by atoms with Crippen molar-refractivity contribution >= 4 is 82.3 Å². The predicted octanol–water partition coefficient (Wildman–Crippen LogP) is 23.3.